The maximum Gasteiger partial charge on any atom is 0.272 e. The van der Waals surface area contributed by atoms with Gasteiger partial charge in [0.1, 0.15) is 11.5 Å². The molecule has 0 fully saturated rings. The van der Waals surface area contributed by atoms with E-state index in [-0.39, 0.29) is 17.3 Å². The lowest BCUT2D eigenvalue weighted by Gasteiger charge is -2.06. The van der Waals surface area contributed by atoms with Crippen molar-refractivity contribution in [2.75, 3.05) is 0 Å². The van der Waals surface area contributed by atoms with Gasteiger partial charge < -0.3 is 15.6 Å². The zero-order valence-corrected chi connectivity index (χ0v) is 8.70. The predicted octanol–water partition coefficient (Wildman–Crippen LogP) is 1.07. The van der Waals surface area contributed by atoms with Gasteiger partial charge >= 0.3 is 0 Å². The minimum atomic E-state index is -0.716. The van der Waals surface area contributed by atoms with Crippen LogP contribution in [0, 0.1) is 0 Å². The number of amides is 1. The molecule has 0 atom stereocenters. The highest BCUT2D eigenvalue weighted by molar-refractivity contribution is 5.92. The molecule has 0 aliphatic rings. The van der Waals surface area contributed by atoms with Gasteiger partial charge in [0.05, 0.1) is 0 Å². The van der Waals surface area contributed by atoms with E-state index in [2.05, 4.69) is 9.97 Å². The van der Waals surface area contributed by atoms with Gasteiger partial charge in [-0.3, -0.25) is 4.79 Å². The van der Waals surface area contributed by atoms with Crippen molar-refractivity contribution in [1.29, 1.82) is 0 Å². The van der Waals surface area contributed by atoms with Crippen molar-refractivity contribution in [1.82, 2.24) is 9.97 Å². The van der Waals surface area contributed by atoms with E-state index in [1.54, 1.807) is 0 Å². The van der Waals surface area contributed by atoms with E-state index in [1.807, 2.05) is 0 Å². The van der Waals surface area contributed by atoms with Gasteiger partial charge in [-0.1, -0.05) is 0 Å². The molecule has 0 saturated carbocycles. The number of carbonyl (C=O) groups excluding carboxylic acids is 1. The van der Waals surface area contributed by atoms with Gasteiger partial charge in [0, 0.05) is 12.4 Å². The minimum absolute atomic E-state index is 0.0330. The zero-order chi connectivity index (χ0) is 12.3. The van der Waals surface area contributed by atoms with E-state index in [4.69, 9.17) is 15.6 Å². The Kier molecular flexibility index (Phi) is 2.87. The average molecular weight is 231 g/mol. The van der Waals surface area contributed by atoms with Crippen molar-refractivity contribution in [3.8, 4) is 17.4 Å². The number of nitrogens with two attached hydrogens (primary N) is 1. The van der Waals surface area contributed by atoms with Crippen LogP contribution in [0.1, 0.15) is 10.5 Å². The molecule has 86 valence electrons. The molecule has 1 aromatic carbocycles. The number of nitrogens with zero attached hydrogens (tertiary/aromatic N) is 2. The van der Waals surface area contributed by atoms with E-state index in [1.165, 1.54) is 36.7 Å². The van der Waals surface area contributed by atoms with Crippen LogP contribution in [0.5, 0.6) is 17.4 Å². The van der Waals surface area contributed by atoms with Crippen LogP contribution in [-0.4, -0.2) is 21.0 Å². The molecule has 0 aliphatic heterocycles. The quantitative estimate of drug-likeness (QED) is 0.823. The molecule has 1 aromatic heterocycles. The first-order valence-corrected chi connectivity index (χ1v) is 4.74. The zero-order valence-electron chi connectivity index (χ0n) is 8.70. The van der Waals surface area contributed by atoms with Crippen LogP contribution in [0.2, 0.25) is 0 Å². The number of phenols is 1. The summed E-state index contributed by atoms with van der Waals surface area (Å²) in [6, 6.07) is 5.98. The van der Waals surface area contributed by atoms with Crippen LogP contribution in [0.3, 0.4) is 0 Å². The number of rotatable bonds is 3. The molecule has 0 radical (unpaired) electrons. The fraction of sp³-hybridized carbons (Fsp3) is 0. The van der Waals surface area contributed by atoms with Crippen LogP contribution in [0.25, 0.3) is 0 Å². The van der Waals surface area contributed by atoms with E-state index < -0.39 is 5.91 Å². The molecular weight excluding hydrogens is 222 g/mol. The van der Waals surface area contributed by atoms with Gasteiger partial charge in [-0.05, 0) is 24.3 Å². The van der Waals surface area contributed by atoms with Gasteiger partial charge in [-0.25, -0.2) is 9.97 Å². The summed E-state index contributed by atoms with van der Waals surface area (Å²) in [4.78, 5) is 18.7. The van der Waals surface area contributed by atoms with Crippen LogP contribution in [0.15, 0.2) is 36.7 Å². The molecule has 6 nitrogen and oxygen atoms in total. The number of benzene rings is 1. The summed E-state index contributed by atoms with van der Waals surface area (Å²) in [7, 11) is 0. The van der Waals surface area contributed by atoms with Crippen LogP contribution >= 0.6 is 0 Å². The molecular formula is C11H9N3O3. The summed E-state index contributed by atoms with van der Waals surface area (Å²) in [5, 5.41) is 9.11. The third-order valence-electron chi connectivity index (χ3n) is 1.95. The third-order valence-corrected chi connectivity index (χ3v) is 1.95. The second-order valence-electron chi connectivity index (χ2n) is 3.17. The van der Waals surface area contributed by atoms with Gasteiger partial charge in [0.25, 0.3) is 11.8 Å². The Bertz CT molecular complexity index is 540. The molecule has 0 aliphatic carbocycles. The molecule has 1 heterocycles. The third kappa shape index (κ3) is 2.49. The summed E-state index contributed by atoms with van der Waals surface area (Å²) in [5.74, 6) is -0.144. The van der Waals surface area contributed by atoms with Gasteiger partial charge in [0.2, 0.25) is 0 Å². The summed E-state index contributed by atoms with van der Waals surface area (Å²) in [6.07, 6.45) is 2.74. The number of hydrogen-bond donors (Lipinski definition) is 2. The molecule has 2 rings (SSSR count). The minimum Gasteiger partial charge on any atom is -0.508 e. The highest BCUT2D eigenvalue weighted by Crippen LogP contribution is 2.23. The molecule has 0 saturated heterocycles. The standard InChI is InChI=1S/C11H9N3O3/c12-10(16)9-11(14-6-5-13-9)17-8-3-1-7(15)2-4-8/h1-6,15H,(H2,12,16). The summed E-state index contributed by atoms with van der Waals surface area (Å²) < 4.78 is 5.34. The first-order chi connectivity index (χ1) is 8.16. The topological polar surface area (TPSA) is 98.3 Å². The van der Waals surface area contributed by atoms with Crippen LogP contribution < -0.4 is 10.5 Å². The number of carbonyl (C=O) groups is 1. The summed E-state index contributed by atoms with van der Waals surface area (Å²) >= 11 is 0. The molecule has 0 unspecified atom stereocenters. The van der Waals surface area contributed by atoms with Crippen molar-refractivity contribution < 1.29 is 14.6 Å². The fourth-order valence-electron chi connectivity index (χ4n) is 1.19. The Morgan fingerprint density at radius 1 is 1.18 bits per heavy atom. The molecule has 0 spiro atoms. The maximum absolute atomic E-state index is 11.1. The Morgan fingerprint density at radius 3 is 2.47 bits per heavy atom. The van der Waals surface area contributed by atoms with E-state index in [9.17, 15) is 4.79 Å². The van der Waals surface area contributed by atoms with Crippen molar-refractivity contribution in [3.63, 3.8) is 0 Å². The maximum atomic E-state index is 11.1. The van der Waals surface area contributed by atoms with Crippen molar-refractivity contribution in [2.24, 2.45) is 5.73 Å². The molecule has 6 heteroatoms. The molecule has 17 heavy (non-hydrogen) atoms. The second kappa shape index (κ2) is 4.48. The van der Waals surface area contributed by atoms with Gasteiger partial charge in [-0.2, -0.15) is 0 Å². The molecule has 2 aromatic rings. The van der Waals surface area contributed by atoms with Gasteiger partial charge in [0.15, 0.2) is 5.69 Å². The number of aromatic nitrogens is 2. The SMILES string of the molecule is NC(=O)c1nccnc1Oc1ccc(O)cc1. The lowest BCUT2D eigenvalue weighted by atomic mass is 10.3. The fourth-order valence-corrected chi connectivity index (χ4v) is 1.19. The lowest BCUT2D eigenvalue weighted by Crippen LogP contribution is -2.14. The van der Waals surface area contributed by atoms with Crippen molar-refractivity contribution in [2.45, 2.75) is 0 Å². The predicted molar refractivity (Wildman–Crippen MR) is 58.7 cm³/mol. The molecule has 3 N–H and O–H groups in total. The van der Waals surface area contributed by atoms with E-state index in [0.29, 0.717) is 5.75 Å². The number of hydrogen-bond acceptors (Lipinski definition) is 5. The molecule has 1 amide bonds. The highest BCUT2D eigenvalue weighted by Gasteiger charge is 2.12. The largest absolute Gasteiger partial charge is 0.508 e. The summed E-state index contributed by atoms with van der Waals surface area (Å²) in [6.45, 7) is 0. The first-order valence-electron chi connectivity index (χ1n) is 4.74. The number of ether oxygens (including phenoxy) is 1. The second-order valence-corrected chi connectivity index (χ2v) is 3.17. The highest BCUT2D eigenvalue weighted by atomic mass is 16.5. The van der Waals surface area contributed by atoms with E-state index >= 15 is 0 Å². The smallest absolute Gasteiger partial charge is 0.272 e. The Labute approximate surface area is 96.7 Å². The lowest BCUT2D eigenvalue weighted by molar-refractivity contribution is 0.0992. The van der Waals surface area contributed by atoms with Gasteiger partial charge in [-0.15, -0.1) is 0 Å². The number of phenolic OH excluding ortho intramolecular Hbond substituents is 1. The molecule has 0 bridgehead atoms. The van der Waals surface area contributed by atoms with Crippen LogP contribution in [0.4, 0.5) is 0 Å². The Hall–Kier alpha value is -2.63. The number of aromatic hydroxyl groups is 1. The van der Waals surface area contributed by atoms with Crippen LogP contribution in [-0.2, 0) is 0 Å². The average Bonchev–Trinajstić information content (AvgIpc) is 2.32. The van der Waals surface area contributed by atoms with Crippen molar-refractivity contribution >= 4 is 5.91 Å². The first kappa shape index (κ1) is 10.9. The Morgan fingerprint density at radius 2 is 1.82 bits per heavy atom. The van der Waals surface area contributed by atoms with Crippen molar-refractivity contribution in [3.05, 3.63) is 42.4 Å². The van der Waals surface area contributed by atoms with E-state index in [0.717, 1.165) is 0 Å². The summed E-state index contributed by atoms with van der Waals surface area (Å²) in [5.41, 5.74) is 5.09. The number of primary amides is 1. The normalized spacial score (nSPS) is 9.88. The Balaban J connectivity index is 2.30. The monoisotopic (exact) mass is 231 g/mol.